The fraction of sp³-hybridized carbons (Fsp3) is 0.750. The zero-order valence-corrected chi connectivity index (χ0v) is 9.22. The lowest BCUT2D eigenvalue weighted by Gasteiger charge is -2.16. The van der Waals surface area contributed by atoms with Crippen molar-refractivity contribution in [2.45, 2.75) is 45.1 Å². The lowest BCUT2D eigenvalue weighted by Crippen LogP contribution is -2.19. The van der Waals surface area contributed by atoms with Gasteiger partial charge in [-0.2, -0.15) is 0 Å². The number of aliphatic hydroxyl groups excluding tert-OH is 1. The Kier molecular flexibility index (Phi) is 4.82. The van der Waals surface area contributed by atoms with E-state index in [2.05, 4.69) is 13.0 Å². The molecule has 1 saturated carbocycles. The van der Waals surface area contributed by atoms with Crippen molar-refractivity contribution in [3.05, 3.63) is 12.2 Å². The number of carbonyl (C=O) groups is 1. The van der Waals surface area contributed by atoms with Crippen LogP contribution >= 0.6 is 0 Å². The quantitative estimate of drug-likeness (QED) is 0.687. The van der Waals surface area contributed by atoms with Crippen molar-refractivity contribution in [2.24, 2.45) is 11.8 Å². The van der Waals surface area contributed by atoms with E-state index in [0.29, 0.717) is 0 Å². The molecule has 1 fully saturated rings. The maximum absolute atomic E-state index is 10.6. The van der Waals surface area contributed by atoms with Crippen molar-refractivity contribution in [3.8, 4) is 0 Å². The Bertz CT molecular complexity index is 235. The first-order valence-corrected chi connectivity index (χ1v) is 5.71. The van der Waals surface area contributed by atoms with Gasteiger partial charge in [0.15, 0.2) is 0 Å². The van der Waals surface area contributed by atoms with Crippen molar-refractivity contribution in [1.29, 1.82) is 0 Å². The van der Waals surface area contributed by atoms with Crippen LogP contribution in [-0.4, -0.2) is 22.3 Å². The third kappa shape index (κ3) is 3.67. The number of aliphatic carboxylic acids is 1. The van der Waals surface area contributed by atoms with E-state index in [0.717, 1.165) is 25.7 Å². The van der Waals surface area contributed by atoms with E-state index < -0.39 is 5.97 Å². The van der Waals surface area contributed by atoms with E-state index >= 15 is 0 Å². The van der Waals surface area contributed by atoms with Crippen LogP contribution < -0.4 is 0 Å². The molecule has 0 amide bonds. The molecule has 0 spiro atoms. The van der Waals surface area contributed by atoms with E-state index in [1.807, 2.05) is 6.08 Å². The Morgan fingerprint density at radius 1 is 1.47 bits per heavy atom. The SMILES string of the molecule is CCCC=CC1C(O)CCC1CC(=O)O. The molecular formula is C12H20O3. The summed E-state index contributed by atoms with van der Waals surface area (Å²) < 4.78 is 0. The third-order valence-electron chi connectivity index (χ3n) is 3.07. The highest BCUT2D eigenvalue weighted by Gasteiger charge is 2.34. The molecule has 0 saturated heterocycles. The minimum Gasteiger partial charge on any atom is -0.481 e. The number of unbranched alkanes of at least 4 members (excludes halogenated alkanes) is 1. The zero-order chi connectivity index (χ0) is 11.3. The van der Waals surface area contributed by atoms with Crippen LogP contribution in [0, 0.1) is 11.8 Å². The van der Waals surface area contributed by atoms with Gasteiger partial charge in [0.05, 0.1) is 6.10 Å². The van der Waals surface area contributed by atoms with Gasteiger partial charge in [-0.05, 0) is 25.2 Å². The van der Waals surface area contributed by atoms with E-state index in [9.17, 15) is 9.90 Å². The summed E-state index contributed by atoms with van der Waals surface area (Å²) in [5.41, 5.74) is 0. The summed E-state index contributed by atoms with van der Waals surface area (Å²) in [5.74, 6) is -0.596. The van der Waals surface area contributed by atoms with Crippen molar-refractivity contribution in [2.75, 3.05) is 0 Å². The molecule has 3 heteroatoms. The molecule has 0 aromatic carbocycles. The predicted molar refractivity (Wildman–Crippen MR) is 58.5 cm³/mol. The van der Waals surface area contributed by atoms with Gasteiger partial charge < -0.3 is 10.2 Å². The number of carboxylic acid groups (broad SMARTS) is 1. The smallest absolute Gasteiger partial charge is 0.303 e. The summed E-state index contributed by atoms with van der Waals surface area (Å²) in [5, 5.41) is 18.5. The fourth-order valence-corrected chi connectivity index (χ4v) is 2.25. The summed E-state index contributed by atoms with van der Waals surface area (Å²) in [6, 6.07) is 0. The molecular weight excluding hydrogens is 192 g/mol. The van der Waals surface area contributed by atoms with Crippen LogP contribution in [-0.2, 0) is 4.79 Å². The molecule has 3 atom stereocenters. The number of hydrogen-bond acceptors (Lipinski definition) is 2. The average Bonchev–Trinajstić information content (AvgIpc) is 2.49. The second-order valence-electron chi connectivity index (χ2n) is 4.30. The molecule has 86 valence electrons. The van der Waals surface area contributed by atoms with Gasteiger partial charge in [0.25, 0.3) is 0 Å². The summed E-state index contributed by atoms with van der Waals surface area (Å²) >= 11 is 0. The van der Waals surface area contributed by atoms with Crippen LogP contribution in [0.3, 0.4) is 0 Å². The van der Waals surface area contributed by atoms with Gasteiger partial charge in [0, 0.05) is 12.3 Å². The summed E-state index contributed by atoms with van der Waals surface area (Å²) in [6.07, 6.45) is 7.56. The molecule has 0 radical (unpaired) electrons. The summed E-state index contributed by atoms with van der Waals surface area (Å²) in [7, 11) is 0. The Balaban J connectivity index is 2.52. The minimum atomic E-state index is -0.761. The highest BCUT2D eigenvalue weighted by molar-refractivity contribution is 5.67. The van der Waals surface area contributed by atoms with Crippen molar-refractivity contribution in [3.63, 3.8) is 0 Å². The molecule has 0 aromatic rings. The van der Waals surface area contributed by atoms with Gasteiger partial charge in [-0.15, -0.1) is 0 Å². The summed E-state index contributed by atoms with van der Waals surface area (Å²) in [4.78, 5) is 10.6. The molecule has 0 aromatic heterocycles. The van der Waals surface area contributed by atoms with Gasteiger partial charge in [0.1, 0.15) is 0 Å². The standard InChI is InChI=1S/C12H20O3/c1-2-3-4-5-10-9(8-12(14)15)6-7-11(10)13/h4-5,9-11,13H,2-3,6-8H2,1H3,(H,14,15). The number of hydrogen-bond donors (Lipinski definition) is 2. The Labute approximate surface area is 90.8 Å². The first-order valence-electron chi connectivity index (χ1n) is 5.71. The lowest BCUT2D eigenvalue weighted by atomic mass is 9.91. The largest absolute Gasteiger partial charge is 0.481 e. The Morgan fingerprint density at radius 3 is 2.80 bits per heavy atom. The van der Waals surface area contributed by atoms with Gasteiger partial charge in [-0.3, -0.25) is 4.79 Å². The molecule has 3 nitrogen and oxygen atoms in total. The molecule has 1 aliphatic rings. The molecule has 0 aliphatic heterocycles. The topological polar surface area (TPSA) is 57.5 Å². The van der Waals surface area contributed by atoms with E-state index in [1.165, 1.54) is 0 Å². The highest BCUT2D eigenvalue weighted by atomic mass is 16.4. The normalized spacial score (nSPS) is 31.2. The van der Waals surface area contributed by atoms with Crippen LogP contribution in [0.15, 0.2) is 12.2 Å². The first kappa shape index (κ1) is 12.2. The van der Waals surface area contributed by atoms with Crippen LogP contribution in [0.4, 0.5) is 0 Å². The Hall–Kier alpha value is -0.830. The Morgan fingerprint density at radius 2 is 2.20 bits per heavy atom. The van der Waals surface area contributed by atoms with E-state index in [1.54, 1.807) is 0 Å². The number of aliphatic hydroxyl groups is 1. The molecule has 1 aliphatic carbocycles. The molecule has 0 heterocycles. The molecule has 3 unspecified atom stereocenters. The molecule has 0 bridgehead atoms. The minimum absolute atomic E-state index is 0.0487. The van der Waals surface area contributed by atoms with Crippen molar-refractivity contribution >= 4 is 5.97 Å². The zero-order valence-electron chi connectivity index (χ0n) is 9.22. The maximum atomic E-state index is 10.6. The predicted octanol–water partition coefficient (Wildman–Crippen LogP) is 2.20. The number of rotatable bonds is 5. The van der Waals surface area contributed by atoms with Gasteiger partial charge in [-0.25, -0.2) is 0 Å². The lowest BCUT2D eigenvalue weighted by molar-refractivity contribution is -0.138. The van der Waals surface area contributed by atoms with Crippen molar-refractivity contribution < 1.29 is 15.0 Å². The molecule has 1 rings (SSSR count). The van der Waals surface area contributed by atoms with E-state index in [4.69, 9.17) is 5.11 Å². The van der Waals surface area contributed by atoms with Crippen molar-refractivity contribution in [1.82, 2.24) is 0 Å². The number of allylic oxidation sites excluding steroid dienone is 1. The maximum Gasteiger partial charge on any atom is 0.303 e. The first-order chi connectivity index (χ1) is 7.15. The van der Waals surface area contributed by atoms with Gasteiger partial charge in [-0.1, -0.05) is 25.5 Å². The number of carboxylic acids is 1. The second kappa shape index (κ2) is 5.91. The molecule has 2 N–H and O–H groups in total. The third-order valence-corrected chi connectivity index (χ3v) is 3.07. The molecule has 15 heavy (non-hydrogen) atoms. The fourth-order valence-electron chi connectivity index (χ4n) is 2.25. The van der Waals surface area contributed by atoms with Crippen LogP contribution in [0.5, 0.6) is 0 Å². The van der Waals surface area contributed by atoms with Crippen LogP contribution in [0.1, 0.15) is 39.0 Å². The monoisotopic (exact) mass is 212 g/mol. The van der Waals surface area contributed by atoms with Crippen LogP contribution in [0.2, 0.25) is 0 Å². The van der Waals surface area contributed by atoms with E-state index in [-0.39, 0.29) is 24.4 Å². The van der Waals surface area contributed by atoms with Crippen LogP contribution in [0.25, 0.3) is 0 Å². The summed E-state index contributed by atoms with van der Waals surface area (Å²) in [6.45, 7) is 2.10. The average molecular weight is 212 g/mol. The highest BCUT2D eigenvalue weighted by Crippen LogP contribution is 2.35. The van der Waals surface area contributed by atoms with Gasteiger partial charge in [0.2, 0.25) is 0 Å². The second-order valence-corrected chi connectivity index (χ2v) is 4.30. The van der Waals surface area contributed by atoms with Gasteiger partial charge >= 0.3 is 5.97 Å².